The third-order valence-electron chi connectivity index (χ3n) is 12.5. The number of imidazole rings is 1. The van der Waals surface area contributed by atoms with Crippen molar-refractivity contribution in [2.45, 2.75) is 75.5 Å². The molecule has 5 amide bonds. The summed E-state index contributed by atoms with van der Waals surface area (Å²) in [6.07, 6.45) is 8.47. The van der Waals surface area contributed by atoms with Gasteiger partial charge < -0.3 is 30.7 Å². The summed E-state index contributed by atoms with van der Waals surface area (Å²) in [5, 5.41) is 9.09. The number of aromatic nitrogens is 2. The molecular formula is C49H51N7O5. The van der Waals surface area contributed by atoms with Gasteiger partial charge in [0.05, 0.1) is 17.9 Å². The number of rotatable bonds is 14. The van der Waals surface area contributed by atoms with Crippen molar-refractivity contribution >= 4 is 29.5 Å². The van der Waals surface area contributed by atoms with E-state index in [2.05, 4.69) is 20.9 Å². The molecule has 0 bridgehead atoms. The van der Waals surface area contributed by atoms with Gasteiger partial charge in [0.1, 0.15) is 17.9 Å². The van der Waals surface area contributed by atoms with Crippen LogP contribution in [0.1, 0.15) is 96.8 Å². The van der Waals surface area contributed by atoms with Crippen molar-refractivity contribution in [1.29, 1.82) is 0 Å². The van der Waals surface area contributed by atoms with Crippen LogP contribution in [0.5, 0.6) is 0 Å². The molecule has 4 aromatic carbocycles. The number of carbonyl (C=O) groups excluding carboxylic acids is 5. The average molecular weight is 818 g/mol. The second kappa shape index (κ2) is 17.6. The molecule has 0 radical (unpaired) electrons. The normalized spacial score (nSPS) is 19.5. The minimum absolute atomic E-state index is 0.00739. The van der Waals surface area contributed by atoms with Gasteiger partial charge in [0, 0.05) is 43.1 Å². The van der Waals surface area contributed by atoms with Crippen molar-refractivity contribution < 1.29 is 24.0 Å². The summed E-state index contributed by atoms with van der Waals surface area (Å²) in [6.45, 7) is 1.49. The predicted molar refractivity (Wildman–Crippen MR) is 230 cm³/mol. The summed E-state index contributed by atoms with van der Waals surface area (Å²) in [5.41, 5.74) is 5.81. The van der Waals surface area contributed by atoms with Crippen molar-refractivity contribution in [1.82, 2.24) is 35.7 Å². The Morgan fingerprint density at radius 3 is 1.69 bits per heavy atom. The maximum atomic E-state index is 14.1. The Morgan fingerprint density at radius 1 is 0.607 bits per heavy atom. The number of nitrogens with one attached hydrogen (secondary N) is 4. The summed E-state index contributed by atoms with van der Waals surface area (Å²) in [4.78, 5) is 78.7. The molecular weight excluding hydrogens is 767 g/mol. The Kier molecular flexibility index (Phi) is 11.5. The maximum Gasteiger partial charge on any atom is 0.251 e. The number of amides is 5. The summed E-state index contributed by atoms with van der Waals surface area (Å²) < 4.78 is 0. The van der Waals surface area contributed by atoms with Crippen LogP contribution in [-0.4, -0.2) is 75.0 Å². The molecule has 4 fully saturated rings. The van der Waals surface area contributed by atoms with E-state index in [1.165, 1.54) is 0 Å². The molecule has 4 N–H and O–H groups in total. The van der Waals surface area contributed by atoms with Crippen LogP contribution in [0.2, 0.25) is 0 Å². The Hall–Kier alpha value is -6.56. The molecule has 2 saturated carbocycles. The van der Waals surface area contributed by atoms with Gasteiger partial charge in [-0.15, -0.1) is 0 Å². The zero-order valence-corrected chi connectivity index (χ0v) is 34.1. The Bertz CT molecular complexity index is 2380. The van der Waals surface area contributed by atoms with Crippen LogP contribution < -0.4 is 16.0 Å². The topological polar surface area (TPSA) is 157 Å². The van der Waals surface area contributed by atoms with Crippen molar-refractivity contribution in [3.63, 3.8) is 0 Å². The lowest BCUT2D eigenvalue weighted by Gasteiger charge is -2.30. The third-order valence-corrected chi connectivity index (χ3v) is 12.5. The van der Waals surface area contributed by atoms with Gasteiger partial charge in [0.2, 0.25) is 23.6 Å². The summed E-state index contributed by atoms with van der Waals surface area (Å²) >= 11 is 0. The van der Waals surface area contributed by atoms with Gasteiger partial charge in [-0.1, -0.05) is 97.1 Å². The van der Waals surface area contributed by atoms with Crippen molar-refractivity contribution in [3.05, 3.63) is 138 Å². The molecule has 312 valence electrons. The second-order valence-electron chi connectivity index (χ2n) is 16.8. The molecule has 3 heterocycles. The second-order valence-corrected chi connectivity index (χ2v) is 16.8. The van der Waals surface area contributed by atoms with Gasteiger partial charge >= 0.3 is 0 Å². The van der Waals surface area contributed by atoms with Crippen LogP contribution in [-0.2, 0) is 19.2 Å². The predicted octanol–water partition coefficient (Wildman–Crippen LogP) is 6.66. The fourth-order valence-electron chi connectivity index (χ4n) is 8.68. The van der Waals surface area contributed by atoms with E-state index in [9.17, 15) is 24.0 Å². The maximum absolute atomic E-state index is 14.1. The molecule has 1 aromatic heterocycles. The number of hydrogen-bond acceptors (Lipinski definition) is 6. The number of likely N-dealkylation sites (tertiary alicyclic amines) is 2. The van der Waals surface area contributed by atoms with E-state index in [-0.39, 0.29) is 53.5 Å². The standard InChI is InChI=1S/C49H51N7O5/c57-45(51-29-39-13-7-27-55(39)48(60)42(34-9-3-1-4-10-34)53-46(58)37-23-24-37)36-21-17-32(18-22-36)31-15-19-33(20-16-31)40-30-50-44(52-40)41-14-8-28-56(41)49(61)43(35-11-5-2-6-12-35)54-47(59)38-25-26-38/h1-6,9-12,15-22,30,37-39,41-43H,7-8,13-14,23-29H2,(H,50,52)(H,51,57)(H,53,58)(H,54,59)/t39-,41-,42+,43+/m0/s1. The smallest absolute Gasteiger partial charge is 0.251 e. The molecule has 2 aliphatic carbocycles. The highest BCUT2D eigenvalue weighted by molar-refractivity contribution is 5.95. The van der Waals surface area contributed by atoms with Crippen molar-refractivity contribution in [3.8, 4) is 22.4 Å². The first-order valence-electron chi connectivity index (χ1n) is 21.7. The third kappa shape index (κ3) is 8.99. The molecule has 0 unspecified atom stereocenters. The number of H-pyrrole nitrogens is 1. The first-order chi connectivity index (χ1) is 29.8. The van der Waals surface area contributed by atoms with Crippen LogP contribution in [0.25, 0.3) is 22.4 Å². The first-order valence-corrected chi connectivity index (χ1v) is 21.7. The highest BCUT2D eigenvalue weighted by Crippen LogP contribution is 2.36. The van der Waals surface area contributed by atoms with Crippen LogP contribution in [0.3, 0.4) is 0 Å². The van der Waals surface area contributed by atoms with E-state index in [1.54, 1.807) is 6.20 Å². The molecule has 5 aromatic rings. The Labute approximate surface area is 355 Å². The van der Waals surface area contributed by atoms with Crippen LogP contribution in [0.4, 0.5) is 0 Å². The molecule has 61 heavy (non-hydrogen) atoms. The van der Waals surface area contributed by atoms with Crippen LogP contribution in [0.15, 0.2) is 115 Å². The van der Waals surface area contributed by atoms with E-state index in [1.807, 2.05) is 119 Å². The zero-order chi connectivity index (χ0) is 41.9. The lowest BCUT2D eigenvalue weighted by Crippen LogP contribution is -2.48. The van der Waals surface area contributed by atoms with Gasteiger partial charge in [0.25, 0.3) is 5.91 Å². The average Bonchev–Trinajstić information content (AvgIpc) is 4.18. The van der Waals surface area contributed by atoms with Gasteiger partial charge in [-0.25, -0.2) is 4.98 Å². The molecule has 12 nitrogen and oxygen atoms in total. The van der Waals surface area contributed by atoms with E-state index in [0.29, 0.717) is 25.2 Å². The van der Waals surface area contributed by atoms with Crippen LogP contribution in [0, 0.1) is 11.8 Å². The SMILES string of the molecule is O=C(NC[C@@H]1CCCN1C(=O)[C@H](NC(=O)C1CC1)c1ccccc1)c1ccc(-c2ccc(-c3cnc([C@@H]4CCCN4C(=O)[C@H](NC(=O)C4CC4)c4ccccc4)[nH]3)cc2)cc1. The van der Waals surface area contributed by atoms with E-state index in [0.717, 1.165) is 90.7 Å². The van der Waals surface area contributed by atoms with E-state index in [4.69, 9.17) is 4.98 Å². The Balaban J connectivity index is 0.810. The first kappa shape index (κ1) is 39.9. The van der Waals surface area contributed by atoms with Gasteiger partial charge in [0.15, 0.2) is 0 Å². The molecule has 2 saturated heterocycles. The fraction of sp³-hybridized carbons (Fsp3) is 0.347. The van der Waals surface area contributed by atoms with Gasteiger partial charge in [-0.3, -0.25) is 24.0 Å². The zero-order valence-electron chi connectivity index (χ0n) is 34.1. The van der Waals surface area contributed by atoms with Crippen molar-refractivity contribution in [2.75, 3.05) is 19.6 Å². The monoisotopic (exact) mass is 817 g/mol. The number of benzene rings is 4. The van der Waals surface area contributed by atoms with Gasteiger partial charge in [-0.2, -0.15) is 0 Å². The molecule has 4 aliphatic rings. The summed E-state index contributed by atoms with van der Waals surface area (Å²) in [5.74, 6) is 0.0848. The molecule has 2 aliphatic heterocycles. The van der Waals surface area contributed by atoms with E-state index < -0.39 is 12.1 Å². The molecule has 12 heteroatoms. The Morgan fingerprint density at radius 2 is 1.11 bits per heavy atom. The number of carbonyl (C=O) groups is 5. The fourth-order valence-corrected chi connectivity index (χ4v) is 8.68. The summed E-state index contributed by atoms with van der Waals surface area (Å²) in [7, 11) is 0. The molecule has 0 spiro atoms. The quantitative estimate of drug-likeness (QED) is 0.0982. The molecule has 9 rings (SSSR count). The highest BCUT2D eigenvalue weighted by atomic mass is 16.2. The highest BCUT2D eigenvalue weighted by Gasteiger charge is 2.40. The number of hydrogen-bond donors (Lipinski definition) is 4. The summed E-state index contributed by atoms with van der Waals surface area (Å²) in [6, 6.07) is 32.5. The molecule has 4 atom stereocenters. The minimum Gasteiger partial charge on any atom is -0.350 e. The largest absolute Gasteiger partial charge is 0.350 e. The number of nitrogens with zero attached hydrogens (tertiary/aromatic N) is 3. The van der Waals surface area contributed by atoms with Crippen molar-refractivity contribution in [2.24, 2.45) is 11.8 Å². The minimum atomic E-state index is -0.753. The van der Waals surface area contributed by atoms with E-state index >= 15 is 0 Å². The van der Waals surface area contributed by atoms with Gasteiger partial charge in [-0.05, 0) is 91.3 Å². The van der Waals surface area contributed by atoms with Crippen LogP contribution >= 0.6 is 0 Å². The number of aromatic amines is 1. The lowest BCUT2D eigenvalue weighted by atomic mass is 10.0. The lowest BCUT2D eigenvalue weighted by molar-refractivity contribution is -0.138.